The molecule has 0 aliphatic heterocycles. The van der Waals surface area contributed by atoms with Crippen LogP contribution in [-0.4, -0.2) is 34.5 Å². The SMILES string of the molecule is COC(=O)COc1c(C)cc(CNCc2ccnc(-n3cccn3)c2)cc1C. The lowest BCUT2D eigenvalue weighted by Gasteiger charge is -2.14. The average Bonchev–Trinajstić information content (AvgIpc) is 3.22. The van der Waals surface area contributed by atoms with Crippen molar-refractivity contribution in [2.45, 2.75) is 26.9 Å². The first-order chi connectivity index (χ1) is 13.6. The molecular formula is C21H24N4O3. The number of rotatable bonds is 8. The zero-order chi connectivity index (χ0) is 19.9. The zero-order valence-electron chi connectivity index (χ0n) is 16.3. The number of aromatic nitrogens is 3. The maximum Gasteiger partial charge on any atom is 0.343 e. The third-order valence-electron chi connectivity index (χ3n) is 4.29. The Bertz CT molecular complexity index is 916. The highest BCUT2D eigenvalue weighted by atomic mass is 16.6. The van der Waals surface area contributed by atoms with Crippen LogP contribution in [0.4, 0.5) is 0 Å². The second kappa shape index (κ2) is 9.14. The van der Waals surface area contributed by atoms with Gasteiger partial charge in [-0.2, -0.15) is 5.10 Å². The van der Waals surface area contributed by atoms with E-state index >= 15 is 0 Å². The maximum absolute atomic E-state index is 11.3. The lowest BCUT2D eigenvalue weighted by atomic mass is 10.1. The number of pyridine rings is 1. The summed E-state index contributed by atoms with van der Waals surface area (Å²) in [6.07, 6.45) is 5.39. The molecule has 1 N–H and O–H groups in total. The van der Waals surface area contributed by atoms with E-state index in [-0.39, 0.29) is 6.61 Å². The van der Waals surface area contributed by atoms with Crippen LogP contribution in [0.5, 0.6) is 5.75 Å². The molecule has 0 saturated carbocycles. The third kappa shape index (κ3) is 4.95. The first-order valence-electron chi connectivity index (χ1n) is 9.02. The van der Waals surface area contributed by atoms with Gasteiger partial charge in [0.05, 0.1) is 7.11 Å². The lowest BCUT2D eigenvalue weighted by Crippen LogP contribution is -2.15. The van der Waals surface area contributed by atoms with Gasteiger partial charge >= 0.3 is 5.97 Å². The summed E-state index contributed by atoms with van der Waals surface area (Å²) in [5.41, 5.74) is 4.27. The molecule has 3 aromatic rings. The monoisotopic (exact) mass is 380 g/mol. The van der Waals surface area contributed by atoms with E-state index < -0.39 is 5.97 Å². The number of carbonyl (C=O) groups excluding carboxylic acids is 1. The Labute approximate surface area is 164 Å². The predicted octanol–water partition coefficient (Wildman–Crippen LogP) is 2.73. The lowest BCUT2D eigenvalue weighted by molar-refractivity contribution is -0.142. The molecule has 0 atom stereocenters. The van der Waals surface area contributed by atoms with Crippen molar-refractivity contribution >= 4 is 5.97 Å². The molecule has 0 amide bonds. The van der Waals surface area contributed by atoms with E-state index in [0.717, 1.165) is 46.9 Å². The van der Waals surface area contributed by atoms with Crippen LogP contribution in [0.15, 0.2) is 48.9 Å². The molecule has 0 aliphatic rings. The number of carbonyl (C=O) groups is 1. The van der Waals surface area contributed by atoms with Gasteiger partial charge in [0.1, 0.15) is 5.75 Å². The van der Waals surface area contributed by atoms with Gasteiger partial charge in [-0.1, -0.05) is 12.1 Å². The molecule has 0 aliphatic carbocycles. The maximum atomic E-state index is 11.3. The minimum atomic E-state index is -0.392. The largest absolute Gasteiger partial charge is 0.481 e. The van der Waals surface area contributed by atoms with Crippen molar-refractivity contribution in [3.63, 3.8) is 0 Å². The van der Waals surface area contributed by atoms with Crippen LogP contribution in [0.2, 0.25) is 0 Å². The first kappa shape index (κ1) is 19.6. The Morgan fingerprint density at radius 3 is 2.54 bits per heavy atom. The van der Waals surface area contributed by atoms with Crippen LogP contribution in [0.25, 0.3) is 5.82 Å². The van der Waals surface area contributed by atoms with Gasteiger partial charge < -0.3 is 14.8 Å². The molecule has 0 unspecified atom stereocenters. The van der Waals surface area contributed by atoms with Crippen LogP contribution in [0, 0.1) is 13.8 Å². The van der Waals surface area contributed by atoms with E-state index in [1.807, 2.05) is 38.2 Å². The summed E-state index contributed by atoms with van der Waals surface area (Å²) >= 11 is 0. The molecule has 7 heteroatoms. The van der Waals surface area contributed by atoms with Crippen molar-refractivity contribution in [2.75, 3.05) is 13.7 Å². The van der Waals surface area contributed by atoms with Crippen LogP contribution in [0.1, 0.15) is 22.3 Å². The molecule has 0 bridgehead atoms. The van der Waals surface area contributed by atoms with E-state index in [0.29, 0.717) is 0 Å². The minimum Gasteiger partial charge on any atom is -0.481 e. The number of benzene rings is 1. The van der Waals surface area contributed by atoms with Gasteiger partial charge in [-0.25, -0.2) is 14.5 Å². The Hall–Kier alpha value is -3.19. The Morgan fingerprint density at radius 2 is 1.86 bits per heavy atom. The molecule has 1 aromatic carbocycles. The van der Waals surface area contributed by atoms with Gasteiger partial charge in [0.2, 0.25) is 0 Å². The number of methoxy groups -OCH3 is 1. The van der Waals surface area contributed by atoms with Crippen molar-refractivity contribution in [1.82, 2.24) is 20.1 Å². The van der Waals surface area contributed by atoms with Crippen LogP contribution in [0.3, 0.4) is 0 Å². The summed E-state index contributed by atoms with van der Waals surface area (Å²) in [6, 6.07) is 10.00. The summed E-state index contributed by atoms with van der Waals surface area (Å²) in [5, 5.41) is 7.66. The minimum absolute atomic E-state index is 0.0869. The smallest absolute Gasteiger partial charge is 0.343 e. The van der Waals surface area contributed by atoms with Gasteiger partial charge in [0.15, 0.2) is 12.4 Å². The average molecular weight is 380 g/mol. The highest BCUT2D eigenvalue weighted by molar-refractivity contribution is 5.71. The van der Waals surface area contributed by atoms with Crippen molar-refractivity contribution in [1.29, 1.82) is 0 Å². The fraction of sp³-hybridized carbons (Fsp3) is 0.286. The number of nitrogens with one attached hydrogen (secondary N) is 1. The summed E-state index contributed by atoms with van der Waals surface area (Å²) in [6.45, 7) is 5.30. The normalized spacial score (nSPS) is 10.7. The summed E-state index contributed by atoms with van der Waals surface area (Å²) in [5.74, 6) is 1.13. The van der Waals surface area contributed by atoms with Crippen LogP contribution >= 0.6 is 0 Å². The molecule has 0 radical (unpaired) electrons. The van der Waals surface area contributed by atoms with Gasteiger partial charge in [0, 0.05) is 31.7 Å². The van der Waals surface area contributed by atoms with E-state index in [1.54, 1.807) is 17.1 Å². The van der Waals surface area contributed by atoms with E-state index in [9.17, 15) is 4.79 Å². The number of aryl methyl sites for hydroxylation is 2. The Balaban J connectivity index is 1.59. The van der Waals surface area contributed by atoms with Gasteiger partial charge in [-0.05, 0) is 54.3 Å². The zero-order valence-corrected chi connectivity index (χ0v) is 16.3. The topological polar surface area (TPSA) is 78.3 Å². The number of esters is 1. The van der Waals surface area contributed by atoms with E-state index in [2.05, 4.69) is 32.3 Å². The molecule has 2 heterocycles. The van der Waals surface area contributed by atoms with E-state index in [1.165, 1.54) is 7.11 Å². The predicted molar refractivity (Wildman–Crippen MR) is 105 cm³/mol. The molecular weight excluding hydrogens is 356 g/mol. The number of hydrogen-bond donors (Lipinski definition) is 1. The Kier molecular flexibility index (Phi) is 6.39. The standard InChI is InChI=1S/C21H24N4O3/c1-15-9-18(10-16(2)21(15)28-14-20(26)27-3)13-22-12-17-5-7-23-19(11-17)25-8-4-6-24-25/h4-11,22H,12-14H2,1-3H3. The fourth-order valence-corrected chi connectivity index (χ4v) is 3.01. The van der Waals surface area contributed by atoms with Gasteiger partial charge in [-0.3, -0.25) is 0 Å². The molecule has 3 rings (SSSR count). The van der Waals surface area contributed by atoms with Gasteiger partial charge in [-0.15, -0.1) is 0 Å². The van der Waals surface area contributed by atoms with Crippen molar-refractivity contribution in [3.8, 4) is 11.6 Å². The quantitative estimate of drug-likeness (QED) is 0.606. The number of hydrogen-bond acceptors (Lipinski definition) is 6. The first-order valence-corrected chi connectivity index (χ1v) is 9.02. The third-order valence-corrected chi connectivity index (χ3v) is 4.29. The van der Waals surface area contributed by atoms with Crippen molar-refractivity contribution in [2.24, 2.45) is 0 Å². The molecule has 2 aromatic heterocycles. The molecule has 0 fully saturated rings. The Morgan fingerprint density at radius 1 is 1.11 bits per heavy atom. The molecule has 0 spiro atoms. The van der Waals surface area contributed by atoms with E-state index in [4.69, 9.17) is 4.74 Å². The molecule has 28 heavy (non-hydrogen) atoms. The summed E-state index contributed by atoms with van der Waals surface area (Å²) < 4.78 is 11.9. The van der Waals surface area contributed by atoms with Crippen LogP contribution in [-0.2, 0) is 22.6 Å². The molecule has 0 saturated heterocycles. The highest BCUT2D eigenvalue weighted by Gasteiger charge is 2.09. The second-order valence-corrected chi connectivity index (χ2v) is 6.50. The fourth-order valence-electron chi connectivity index (χ4n) is 3.01. The van der Waals surface area contributed by atoms with Crippen LogP contribution < -0.4 is 10.1 Å². The number of nitrogens with zero attached hydrogens (tertiary/aromatic N) is 3. The van der Waals surface area contributed by atoms with Crippen molar-refractivity contribution in [3.05, 3.63) is 71.2 Å². The molecule has 7 nitrogen and oxygen atoms in total. The van der Waals surface area contributed by atoms with Crippen molar-refractivity contribution < 1.29 is 14.3 Å². The second-order valence-electron chi connectivity index (χ2n) is 6.50. The highest BCUT2D eigenvalue weighted by Crippen LogP contribution is 2.25. The molecule has 146 valence electrons. The van der Waals surface area contributed by atoms with Gasteiger partial charge in [0.25, 0.3) is 0 Å². The summed E-state index contributed by atoms with van der Waals surface area (Å²) in [4.78, 5) is 15.6. The number of ether oxygens (including phenoxy) is 2. The summed E-state index contributed by atoms with van der Waals surface area (Å²) in [7, 11) is 1.35.